The molecule has 2 aliphatic heterocycles. The van der Waals surface area contributed by atoms with E-state index in [1.165, 1.54) is 0 Å². The number of fused-ring (bicyclic) bond motifs is 1. The summed E-state index contributed by atoms with van der Waals surface area (Å²) in [6.07, 6.45) is -0.959. The number of rotatable bonds is 4. The minimum absolute atomic E-state index is 0.343. The van der Waals surface area contributed by atoms with Crippen LogP contribution in [0.3, 0.4) is 0 Å². The topological polar surface area (TPSA) is 82.9 Å². The summed E-state index contributed by atoms with van der Waals surface area (Å²) in [6, 6.07) is 22.8. The van der Waals surface area contributed by atoms with Gasteiger partial charge < -0.3 is 4.74 Å². The molecular weight excluding hydrogens is 486 g/mol. The van der Waals surface area contributed by atoms with Crippen molar-refractivity contribution in [2.45, 2.75) is 12.1 Å². The monoisotopic (exact) mass is 503 g/mol. The number of halogens is 1. The Bertz CT molecular complexity index is 1270. The number of hydroxylamine groups is 1. The number of amides is 2. The van der Waals surface area contributed by atoms with E-state index >= 15 is 0 Å². The van der Waals surface area contributed by atoms with Crippen LogP contribution in [0, 0.1) is 17.2 Å². The zero-order valence-corrected chi connectivity index (χ0v) is 19.1. The molecule has 0 aliphatic carbocycles. The molecule has 0 N–H and O–H groups in total. The average molecular weight is 504 g/mol. The van der Waals surface area contributed by atoms with Crippen molar-refractivity contribution in [1.82, 2.24) is 0 Å². The van der Waals surface area contributed by atoms with Gasteiger partial charge in [-0.1, -0.05) is 24.3 Å². The van der Waals surface area contributed by atoms with Gasteiger partial charge in [0.05, 0.1) is 40.6 Å². The van der Waals surface area contributed by atoms with E-state index in [0.29, 0.717) is 17.0 Å². The van der Waals surface area contributed by atoms with Crippen LogP contribution < -0.4 is 14.7 Å². The number of carbonyl (C=O) groups excluding carboxylic acids is 2. The second-order valence-electron chi connectivity index (χ2n) is 7.72. The number of benzene rings is 3. The number of ether oxygens (including phenoxy) is 1. The fraction of sp³-hybridized carbons (Fsp3) is 0.160. The Morgan fingerprint density at radius 1 is 0.970 bits per heavy atom. The summed E-state index contributed by atoms with van der Waals surface area (Å²) in [5.74, 6) is -0.849. The summed E-state index contributed by atoms with van der Waals surface area (Å²) in [6.45, 7) is 0. The lowest BCUT2D eigenvalue weighted by Gasteiger charge is -2.29. The Labute approximate surface area is 198 Å². The van der Waals surface area contributed by atoms with Gasteiger partial charge in [-0.3, -0.25) is 14.4 Å². The van der Waals surface area contributed by atoms with Crippen molar-refractivity contribution in [3.63, 3.8) is 0 Å². The summed E-state index contributed by atoms with van der Waals surface area (Å²) in [5, 5.41) is 10.7. The minimum Gasteiger partial charge on any atom is -0.496 e. The Balaban J connectivity index is 1.58. The Morgan fingerprint density at radius 2 is 1.70 bits per heavy atom. The van der Waals surface area contributed by atoms with E-state index in [-0.39, 0.29) is 5.91 Å². The maximum atomic E-state index is 13.6. The van der Waals surface area contributed by atoms with Crippen molar-refractivity contribution < 1.29 is 19.2 Å². The van der Waals surface area contributed by atoms with E-state index in [0.717, 1.165) is 20.6 Å². The number of anilines is 2. The summed E-state index contributed by atoms with van der Waals surface area (Å²) < 4.78 is 6.08. The van der Waals surface area contributed by atoms with Crippen molar-refractivity contribution >= 4 is 39.1 Å². The normalized spacial score (nSPS) is 21.8. The van der Waals surface area contributed by atoms with E-state index in [1.54, 1.807) is 36.4 Å². The van der Waals surface area contributed by atoms with Crippen LogP contribution in [0.2, 0.25) is 0 Å². The molecule has 0 radical (unpaired) electrons. The van der Waals surface area contributed by atoms with Crippen molar-refractivity contribution in [2.24, 2.45) is 5.92 Å². The summed E-state index contributed by atoms with van der Waals surface area (Å²) >= 11 is 3.52. The molecule has 2 amide bonds. The van der Waals surface area contributed by atoms with Gasteiger partial charge in [0.25, 0.3) is 5.91 Å². The van der Waals surface area contributed by atoms with Crippen LogP contribution in [-0.2, 0) is 14.4 Å². The molecule has 0 bridgehead atoms. The molecule has 0 unspecified atom stereocenters. The van der Waals surface area contributed by atoms with Gasteiger partial charge in [-0.15, -0.1) is 0 Å². The maximum absolute atomic E-state index is 13.6. The van der Waals surface area contributed by atoms with Crippen molar-refractivity contribution in [3.8, 4) is 11.8 Å². The number of hydrogen-bond acceptors (Lipinski definition) is 6. The highest BCUT2D eigenvalue weighted by Crippen LogP contribution is 2.48. The second-order valence-corrected chi connectivity index (χ2v) is 8.58. The first-order valence-electron chi connectivity index (χ1n) is 10.3. The van der Waals surface area contributed by atoms with E-state index in [2.05, 4.69) is 15.9 Å². The van der Waals surface area contributed by atoms with Crippen LogP contribution in [0.5, 0.6) is 5.75 Å². The first-order chi connectivity index (χ1) is 16.0. The van der Waals surface area contributed by atoms with Crippen LogP contribution in [0.25, 0.3) is 0 Å². The lowest BCUT2D eigenvalue weighted by molar-refractivity contribution is -0.126. The molecule has 2 saturated heterocycles. The Hall–Kier alpha value is -3.67. The third-order valence-corrected chi connectivity index (χ3v) is 6.52. The number of methoxy groups -OCH3 is 1. The van der Waals surface area contributed by atoms with E-state index < -0.39 is 24.0 Å². The lowest BCUT2D eigenvalue weighted by Crippen LogP contribution is -2.37. The maximum Gasteiger partial charge on any atom is 0.266 e. The number of nitriles is 1. The van der Waals surface area contributed by atoms with Gasteiger partial charge in [-0.2, -0.15) is 5.26 Å². The number of para-hydroxylation sites is 1. The molecule has 0 aromatic heterocycles. The highest BCUT2D eigenvalue weighted by molar-refractivity contribution is 9.10. The average Bonchev–Trinajstić information content (AvgIpc) is 3.35. The van der Waals surface area contributed by atoms with Crippen LogP contribution >= 0.6 is 15.9 Å². The SMILES string of the molecule is COc1ccc([C@@H]2[C@@H]3C(=O)N(c4ccc(C#N)cc4)C(=O)[C@@H]3ON2c2ccccc2)cc1Br. The van der Waals surface area contributed by atoms with Crippen LogP contribution in [-0.4, -0.2) is 25.0 Å². The second kappa shape index (κ2) is 8.35. The predicted octanol–water partition coefficient (Wildman–Crippen LogP) is 4.38. The zero-order chi connectivity index (χ0) is 23.1. The van der Waals surface area contributed by atoms with Gasteiger partial charge in [0.15, 0.2) is 6.10 Å². The van der Waals surface area contributed by atoms with Crippen molar-refractivity contribution in [2.75, 3.05) is 17.1 Å². The largest absolute Gasteiger partial charge is 0.496 e. The quantitative estimate of drug-likeness (QED) is 0.491. The van der Waals surface area contributed by atoms with Gasteiger partial charge in [0, 0.05) is 0 Å². The molecule has 7 nitrogen and oxygen atoms in total. The molecule has 2 fully saturated rings. The summed E-state index contributed by atoms with van der Waals surface area (Å²) in [7, 11) is 1.58. The molecule has 33 heavy (non-hydrogen) atoms. The molecule has 0 saturated carbocycles. The van der Waals surface area contributed by atoms with Gasteiger partial charge >= 0.3 is 0 Å². The molecule has 2 heterocycles. The molecule has 164 valence electrons. The molecule has 2 aliphatic rings. The van der Waals surface area contributed by atoms with Crippen LogP contribution in [0.15, 0.2) is 77.3 Å². The first-order valence-corrected chi connectivity index (χ1v) is 11.0. The summed E-state index contributed by atoms with van der Waals surface area (Å²) in [4.78, 5) is 34.2. The van der Waals surface area contributed by atoms with Gasteiger partial charge in [-0.25, -0.2) is 9.96 Å². The highest BCUT2D eigenvalue weighted by atomic mass is 79.9. The predicted molar refractivity (Wildman–Crippen MR) is 124 cm³/mol. The summed E-state index contributed by atoms with van der Waals surface area (Å²) in [5.41, 5.74) is 2.42. The number of nitrogens with zero attached hydrogens (tertiary/aromatic N) is 3. The lowest BCUT2D eigenvalue weighted by atomic mass is 9.90. The van der Waals surface area contributed by atoms with Gasteiger partial charge in [0.2, 0.25) is 5.91 Å². The van der Waals surface area contributed by atoms with Gasteiger partial charge in [-0.05, 0) is 70.0 Å². The number of hydrogen-bond donors (Lipinski definition) is 0. The van der Waals surface area contributed by atoms with E-state index in [1.807, 2.05) is 54.6 Å². The Kier molecular flexibility index (Phi) is 5.36. The van der Waals surface area contributed by atoms with Crippen molar-refractivity contribution in [1.29, 1.82) is 5.26 Å². The molecular formula is C25H18BrN3O4. The van der Waals surface area contributed by atoms with E-state index in [4.69, 9.17) is 14.8 Å². The number of imide groups is 1. The molecule has 3 aromatic carbocycles. The fourth-order valence-electron chi connectivity index (χ4n) is 4.36. The first kappa shape index (κ1) is 21.2. The smallest absolute Gasteiger partial charge is 0.266 e. The third kappa shape index (κ3) is 3.46. The Morgan fingerprint density at radius 3 is 2.33 bits per heavy atom. The zero-order valence-electron chi connectivity index (χ0n) is 17.5. The molecule has 3 atom stereocenters. The molecule has 3 aromatic rings. The third-order valence-electron chi connectivity index (χ3n) is 5.90. The standard InChI is InChI=1S/C25H18BrN3O4/c1-32-20-12-9-16(13-19(20)26)22-21-23(33-29(22)18-5-3-2-4-6-18)25(31)28(24(21)30)17-10-7-15(14-27)8-11-17/h2-13,21-23H,1H3/t21-,22+,23+/m0/s1. The fourth-order valence-corrected chi connectivity index (χ4v) is 4.92. The minimum atomic E-state index is -0.959. The highest BCUT2D eigenvalue weighted by Gasteiger charge is 2.60. The van der Waals surface area contributed by atoms with Crippen LogP contribution in [0.4, 0.5) is 11.4 Å². The van der Waals surface area contributed by atoms with Crippen molar-refractivity contribution in [3.05, 3.63) is 88.4 Å². The van der Waals surface area contributed by atoms with Gasteiger partial charge in [0.1, 0.15) is 11.7 Å². The number of carbonyl (C=O) groups is 2. The van der Waals surface area contributed by atoms with Crippen LogP contribution in [0.1, 0.15) is 17.2 Å². The van der Waals surface area contributed by atoms with E-state index in [9.17, 15) is 9.59 Å². The molecule has 8 heteroatoms. The molecule has 0 spiro atoms. The molecule has 5 rings (SSSR count).